The lowest BCUT2D eigenvalue weighted by Gasteiger charge is -2.57. The van der Waals surface area contributed by atoms with E-state index in [1.54, 1.807) is 0 Å². The first-order valence-electron chi connectivity index (χ1n) is 10.1. The molecule has 5 rings (SSSR count). The summed E-state index contributed by atoms with van der Waals surface area (Å²) in [5.74, 6) is 2.34. The highest BCUT2D eigenvalue weighted by molar-refractivity contribution is 5.79. The van der Waals surface area contributed by atoms with Crippen molar-refractivity contribution in [2.75, 3.05) is 0 Å². The van der Waals surface area contributed by atoms with Crippen LogP contribution < -0.4 is 5.32 Å². The number of aromatic nitrogens is 1. The Morgan fingerprint density at radius 3 is 2.81 bits per heavy atom. The van der Waals surface area contributed by atoms with Gasteiger partial charge in [0, 0.05) is 29.9 Å². The maximum absolute atomic E-state index is 11.9. The van der Waals surface area contributed by atoms with Gasteiger partial charge in [0.2, 0.25) is 5.91 Å². The van der Waals surface area contributed by atoms with Crippen LogP contribution in [-0.2, 0) is 4.79 Å². The quantitative estimate of drug-likeness (QED) is 0.798. The van der Waals surface area contributed by atoms with Crippen molar-refractivity contribution in [3.8, 4) is 0 Å². The Hall–Kier alpha value is -1.90. The van der Waals surface area contributed by atoms with E-state index in [0.29, 0.717) is 18.3 Å². The SMILES string of the molecule is C[C@]12CCC(=O)NC1=CC[C@@H]1[C@@H]2CC[C@]2(C)C(c3cccnc3)=CC[C@@H]12. The van der Waals surface area contributed by atoms with E-state index >= 15 is 0 Å². The number of hydrogen-bond acceptors (Lipinski definition) is 2. The van der Waals surface area contributed by atoms with Gasteiger partial charge in [-0.15, -0.1) is 0 Å². The van der Waals surface area contributed by atoms with Gasteiger partial charge in [0.05, 0.1) is 0 Å². The average molecular weight is 348 g/mol. The molecule has 3 heteroatoms. The average Bonchev–Trinajstić information content (AvgIpc) is 3.00. The molecule has 0 aromatic carbocycles. The monoisotopic (exact) mass is 348 g/mol. The predicted molar refractivity (Wildman–Crippen MR) is 103 cm³/mol. The summed E-state index contributed by atoms with van der Waals surface area (Å²) < 4.78 is 0. The molecule has 1 amide bonds. The molecule has 0 unspecified atom stereocenters. The van der Waals surface area contributed by atoms with Crippen LogP contribution in [0.3, 0.4) is 0 Å². The van der Waals surface area contributed by atoms with Crippen LogP contribution >= 0.6 is 0 Å². The fourth-order valence-corrected chi connectivity index (χ4v) is 6.73. The zero-order valence-corrected chi connectivity index (χ0v) is 15.8. The predicted octanol–water partition coefficient (Wildman–Crippen LogP) is 4.72. The number of nitrogens with one attached hydrogen (secondary N) is 1. The molecule has 26 heavy (non-hydrogen) atoms. The van der Waals surface area contributed by atoms with Gasteiger partial charge in [-0.25, -0.2) is 0 Å². The van der Waals surface area contributed by atoms with E-state index in [1.807, 2.05) is 12.4 Å². The molecule has 3 nitrogen and oxygen atoms in total. The summed E-state index contributed by atoms with van der Waals surface area (Å²) in [6, 6.07) is 4.27. The maximum atomic E-state index is 11.9. The molecule has 136 valence electrons. The maximum Gasteiger partial charge on any atom is 0.224 e. The number of amides is 1. The Labute approximate surface area is 156 Å². The summed E-state index contributed by atoms with van der Waals surface area (Å²) in [6.45, 7) is 4.89. The lowest BCUT2D eigenvalue weighted by Crippen LogP contribution is -2.52. The number of carbonyl (C=O) groups is 1. The Balaban J connectivity index is 1.49. The Kier molecular flexibility index (Phi) is 3.47. The minimum absolute atomic E-state index is 0.162. The molecule has 2 heterocycles. The second-order valence-corrected chi connectivity index (χ2v) is 9.25. The second-order valence-electron chi connectivity index (χ2n) is 9.25. The van der Waals surface area contributed by atoms with Crippen LogP contribution in [0.1, 0.15) is 57.9 Å². The molecule has 1 saturated heterocycles. The van der Waals surface area contributed by atoms with Gasteiger partial charge in [-0.05, 0) is 72.5 Å². The van der Waals surface area contributed by atoms with Gasteiger partial charge >= 0.3 is 0 Å². The topological polar surface area (TPSA) is 42.0 Å². The van der Waals surface area contributed by atoms with Crippen molar-refractivity contribution in [2.45, 2.75) is 52.4 Å². The van der Waals surface area contributed by atoms with Crippen molar-refractivity contribution in [3.05, 3.63) is 47.9 Å². The standard InChI is InChI=1S/C23H28N2O/c1-22-11-9-19-16(5-8-20-23(19,2)12-10-21(26)25-20)18(22)7-6-17(22)15-4-3-13-24-14-15/h3-4,6,8,13-14,16,18-19H,5,7,9-12H2,1-2H3,(H,25,26)/t16-,18-,19-,22+,23+/m0/s1. The molecule has 0 bridgehead atoms. The van der Waals surface area contributed by atoms with Gasteiger partial charge in [-0.1, -0.05) is 32.1 Å². The zero-order valence-electron chi connectivity index (χ0n) is 15.8. The number of nitrogens with zero attached hydrogens (tertiary/aromatic N) is 1. The number of fused-ring (bicyclic) bond motifs is 5. The molecule has 2 fully saturated rings. The van der Waals surface area contributed by atoms with Crippen molar-refractivity contribution >= 4 is 11.5 Å². The number of pyridine rings is 1. The van der Waals surface area contributed by atoms with Crippen molar-refractivity contribution in [2.24, 2.45) is 28.6 Å². The van der Waals surface area contributed by atoms with Gasteiger partial charge in [0.25, 0.3) is 0 Å². The Morgan fingerprint density at radius 1 is 1.12 bits per heavy atom. The van der Waals surface area contributed by atoms with E-state index in [9.17, 15) is 4.79 Å². The van der Waals surface area contributed by atoms with E-state index in [4.69, 9.17) is 0 Å². The summed E-state index contributed by atoms with van der Waals surface area (Å²) >= 11 is 0. The van der Waals surface area contributed by atoms with E-state index in [2.05, 4.69) is 48.4 Å². The first kappa shape index (κ1) is 16.3. The van der Waals surface area contributed by atoms with Crippen LogP contribution in [0.2, 0.25) is 0 Å². The molecule has 5 atom stereocenters. The normalized spacial score (nSPS) is 41.3. The molecule has 3 aliphatic carbocycles. The van der Waals surface area contributed by atoms with E-state index in [-0.39, 0.29) is 16.7 Å². The van der Waals surface area contributed by atoms with Crippen LogP contribution in [0, 0.1) is 28.6 Å². The fourth-order valence-electron chi connectivity index (χ4n) is 6.73. The summed E-state index contributed by atoms with van der Waals surface area (Å²) in [5.41, 5.74) is 4.47. The van der Waals surface area contributed by atoms with Gasteiger partial charge in [0.1, 0.15) is 0 Å². The van der Waals surface area contributed by atoms with Crippen molar-refractivity contribution in [1.29, 1.82) is 0 Å². The minimum atomic E-state index is 0.162. The third-order valence-electron chi connectivity index (χ3n) is 8.16. The van der Waals surface area contributed by atoms with Gasteiger partial charge in [-0.2, -0.15) is 0 Å². The van der Waals surface area contributed by atoms with Crippen LogP contribution in [0.5, 0.6) is 0 Å². The van der Waals surface area contributed by atoms with E-state index in [1.165, 1.54) is 36.1 Å². The highest BCUT2D eigenvalue weighted by Crippen LogP contribution is 2.65. The molecule has 0 spiro atoms. The second kappa shape index (κ2) is 5.55. The summed E-state index contributed by atoms with van der Waals surface area (Å²) in [6.07, 6.45) is 15.2. The lowest BCUT2D eigenvalue weighted by molar-refractivity contribution is -0.124. The van der Waals surface area contributed by atoms with Gasteiger partial charge < -0.3 is 5.32 Å². The highest BCUT2D eigenvalue weighted by Gasteiger charge is 2.57. The third kappa shape index (κ3) is 2.12. The summed E-state index contributed by atoms with van der Waals surface area (Å²) in [4.78, 5) is 16.2. The molecular weight excluding hydrogens is 320 g/mol. The minimum Gasteiger partial charge on any atom is -0.330 e. The van der Waals surface area contributed by atoms with Crippen LogP contribution in [-0.4, -0.2) is 10.9 Å². The van der Waals surface area contributed by atoms with Gasteiger partial charge in [-0.3, -0.25) is 9.78 Å². The Bertz CT molecular complexity index is 811. The van der Waals surface area contributed by atoms with Crippen LogP contribution in [0.4, 0.5) is 0 Å². The Morgan fingerprint density at radius 2 is 2.00 bits per heavy atom. The van der Waals surface area contributed by atoms with Crippen molar-refractivity contribution < 1.29 is 4.79 Å². The fraction of sp³-hybridized carbons (Fsp3) is 0.565. The van der Waals surface area contributed by atoms with E-state index in [0.717, 1.165) is 18.8 Å². The largest absolute Gasteiger partial charge is 0.330 e. The highest BCUT2D eigenvalue weighted by atomic mass is 16.1. The van der Waals surface area contributed by atoms with E-state index < -0.39 is 0 Å². The molecule has 1 aromatic heterocycles. The van der Waals surface area contributed by atoms with Crippen molar-refractivity contribution in [1.82, 2.24) is 10.3 Å². The molecule has 1 saturated carbocycles. The van der Waals surface area contributed by atoms with Crippen LogP contribution in [0.25, 0.3) is 5.57 Å². The molecule has 1 aliphatic heterocycles. The first-order valence-corrected chi connectivity index (χ1v) is 10.1. The number of allylic oxidation sites excluding steroid dienone is 4. The molecule has 4 aliphatic rings. The number of hydrogen-bond donors (Lipinski definition) is 1. The summed E-state index contributed by atoms with van der Waals surface area (Å²) in [7, 11) is 0. The van der Waals surface area contributed by atoms with Crippen LogP contribution in [0.15, 0.2) is 42.4 Å². The third-order valence-corrected chi connectivity index (χ3v) is 8.16. The number of rotatable bonds is 1. The van der Waals surface area contributed by atoms with Crippen molar-refractivity contribution in [3.63, 3.8) is 0 Å². The zero-order chi connectivity index (χ0) is 17.9. The molecule has 1 N–H and O–H groups in total. The number of piperidine rings is 1. The van der Waals surface area contributed by atoms with Gasteiger partial charge in [0.15, 0.2) is 0 Å². The lowest BCUT2D eigenvalue weighted by atomic mass is 9.49. The smallest absolute Gasteiger partial charge is 0.224 e. The summed E-state index contributed by atoms with van der Waals surface area (Å²) in [5, 5.41) is 3.20. The molecule has 0 radical (unpaired) electrons. The number of carbonyl (C=O) groups excluding carboxylic acids is 1. The molecule has 1 aromatic rings. The molecular formula is C23H28N2O. The first-order chi connectivity index (χ1) is 12.5.